The monoisotopic (exact) mass is 314 g/mol. The maximum atomic E-state index is 9.72. The van der Waals surface area contributed by atoms with Gasteiger partial charge in [-0.05, 0) is 24.3 Å². The first-order chi connectivity index (χ1) is 11.7. The Morgan fingerprint density at radius 1 is 0.750 bits per heavy atom. The van der Waals surface area contributed by atoms with Crippen molar-refractivity contribution in [2.45, 2.75) is 5.92 Å². The Balaban J connectivity index is 1.85. The molecule has 0 aliphatic carbocycles. The van der Waals surface area contributed by atoms with E-state index in [4.69, 9.17) is 4.74 Å². The van der Waals surface area contributed by atoms with Crippen molar-refractivity contribution < 1.29 is 14.9 Å². The molecule has 3 nitrogen and oxygen atoms in total. The van der Waals surface area contributed by atoms with Crippen LogP contribution in [0.5, 0.6) is 23.0 Å². The van der Waals surface area contributed by atoms with Gasteiger partial charge < -0.3 is 14.9 Å². The van der Waals surface area contributed by atoms with Gasteiger partial charge in [0.05, 0.1) is 5.92 Å². The Morgan fingerprint density at radius 3 is 1.92 bits per heavy atom. The summed E-state index contributed by atoms with van der Waals surface area (Å²) >= 11 is 0. The van der Waals surface area contributed by atoms with E-state index in [1.54, 1.807) is 24.3 Å². The third-order valence-corrected chi connectivity index (χ3v) is 3.97. The summed E-state index contributed by atoms with van der Waals surface area (Å²) in [5.41, 5.74) is 2.73. The first kappa shape index (κ1) is 14.2. The van der Waals surface area contributed by atoms with E-state index in [0.29, 0.717) is 11.5 Å². The lowest BCUT2D eigenvalue weighted by molar-refractivity contribution is 0.430. The predicted molar refractivity (Wildman–Crippen MR) is 91.5 cm³/mol. The second-order valence-electron chi connectivity index (χ2n) is 5.61. The molecule has 1 heterocycles. The Bertz CT molecular complexity index is 914. The van der Waals surface area contributed by atoms with Gasteiger partial charge in [0.25, 0.3) is 0 Å². The molecule has 3 aromatic carbocycles. The molecule has 116 valence electrons. The number of phenols is 2. The molecular weight excluding hydrogens is 300 g/mol. The van der Waals surface area contributed by atoms with Crippen LogP contribution in [0.25, 0.3) is 0 Å². The molecule has 24 heavy (non-hydrogen) atoms. The smallest absolute Gasteiger partial charge is 0.135 e. The van der Waals surface area contributed by atoms with Gasteiger partial charge in [-0.15, -0.1) is 0 Å². The average Bonchev–Trinajstić information content (AvgIpc) is 2.59. The molecule has 0 aromatic heterocycles. The lowest BCUT2D eigenvalue weighted by Gasteiger charge is -2.25. The van der Waals surface area contributed by atoms with Crippen molar-refractivity contribution in [3.05, 3.63) is 83.4 Å². The highest BCUT2D eigenvalue weighted by atomic mass is 16.5. The molecule has 0 unspecified atom stereocenters. The molecular formula is C21H14O3. The van der Waals surface area contributed by atoms with Crippen LogP contribution in [0, 0.1) is 11.8 Å². The van der Waals surface area contributed by atoms with Crippen LogP contribution in [-0.4, -0.2) is 10.2 Å². The fourth-order valence-corrected chi connectivity index (χ4v) is 2.82. The van der Waals surface area contributed by atoms with E-state index in [0.717, 1.165) is 16.7 Å². The maximum Gasteiger partial charge on any atom is 0.135 e. The molecule has 0 fully saturated rings. The predicted octanol–water partition coefficient (Wildman–Crippen LogP) is 4.39. The fourth-order valence-electron chi connectivity index (χ4n) is 2.82. The third kappa shape index (κ3) is 2.55. The number of aromatic hydroxyl groups is 2. The van der Waals surface area contributed by atoms with Gasteiger partial charge in [-0.3, -0.25) is 0 Å². The second kappa shape index (κ2) is 5.68. The summed E-state index contributed by atoms with van der Waals surface area (Å²) < 4.78 is 5.83. The Hall–Kier alpha value is -3.38. The summed E-state index contributed by atoms with van der Waals surface area (Å²) in [4.78, 5) is 0. The molecule has 4 rings (SSSR count). The summed E-state index contributed by atoms with van der Waals surface area (Å²) in [6.07, 6.45) is 0. The molecule has 0 atom stereocenters. The van der Waals surface area contributed by atoms with Crippen molar-refractivity contribution in [2.24, 2.45) is 0 Å². The second-order valence-corrected chi connectivity index (χ2v) is 5.61. The van der Waals surface area contributed by atoms with Crippen LogP contribution < -0.4 is 4.74 Å². The van der Waals surface area contributed by atoms with Crippen molar-refractivity contribution in [1.29, 1.82) is 0 Å². The van der Waals surface area contributed by atoms with Gasteiger partial charge in [0.15, 0.2) is 0 Å². The molecule has 2 N–H and O–H groups in total. The molecule has 0 bridgehead atoms. The highest BCUT2D eigenvalue weighted by Crippen LogP contribution is 2.46. The number of hydrogen-bond acceptors (Lipinski definition) is 3. The van der Waals surface area contributed by atoms with Crippen LogP contribution in [0.1, 0.15) is 22.6 Å². The minimum Gasteiger partial charge on any atom is -0.508 e. The minimum absolute atomic E-state index is 0.132. The van der Waals surface area contributed by atoms with Crippen LogP contribution in [0.2, 0.25) is 0 Å². The van der Waals surface area contributed by atoms with Crippen LogP contribution in [0.4, 0.5) is 0 Å². The standard InChI is InChI=1S/C21H14O3/c22-15-7-10-18-17(9-6-14-4-2-1-3-5-14)19-11-8-16(23)13-21(19)24-20(18)12-15/h1-5,7-8,10-13,17,22-23H. The van der Waals surface area contributed by atoms with Crippen molar-refractivity contribution in [1.82, 2.24) is 0 Å². The third-order valence-electron chi connectivity index (χ3n) is 3.97. The van der Waals surface area contributed by atoms with Crippen molar-refractivity contribution in [2.75, 3.05) is 0 Å². The molecule has 0 spiro atoms. The molecule has 1 aliphatic rings. The molecule has 0 radical (unpaired) electrons. The zero-order valence-corrected chi connectivity index (χ0v) is 12.7. The van der Waals surface area contributed by atoms with Gasteiger partial charge in [-0.1, -0.05) is 42.2 Å². The van der Waals surface area contributed by atoms with Crippen LogP contribution in [0.15, 0.2) is 66.7 Å². The average molecular weight is 314 g/mol. The Morgan fingerprint density at radius 2 is 1.33 bits per heavy atom. The van der Waals surface area contributed by atoms with Crippen molar-refractivity contribution in [3.63, 3.8) is 0 Å². The van der Waals surface area contributed by atoms with Gasteiger partial charge in [-0.2, -0.15) is 0 Å². The molecule has 0 saturated heterocycles. The Kier molecular flexibility index (Phi) is 3.36. The van der Waals surface area contributed by atoms with Crippen LogP contribution in [-0.2, 0) is 0 Å². The molecule has 1 aliphatic heterocycles. The van der Waals surface area contributed by atoms with Crippen molar-refractivity contribution in [3.8, 4) is 34.8 Å². The van der Waals surface area contributed by atoms with E-state index in [-0.39, 0.29) is 17.4 Å². The largest absolute Gasteiger partial charge is 0.508 e. The van der Waals surface area contributed by atoms with E-state index >= 15 is 0 Å². The van der Waals surface area contributed by atoms with E-state index < -0.39 is 0 Å². The highest BCUT2D eigenvalue weighted by molar-refractivity contribution is 5.60. The molecule has 3 aromatic rings. The van der Waals surface area contributed by atoms with Crippen LogP contribution in [0.3, 0.4) is 0 Å². The van der Waals surface area contributed by atoms with Crippen molar-refractivity contribution >= 4 is 0 Å². The molecule has 0 saturated carbocycles. The number of rotatable bonds is 0. The molecule has 0 amide bonds. The summed E-state index contributed by atoms with van der Waals surface area (Å²) in [5.74, 6) is 7.68. The normalized spacial score (nSPS) is 12.3. The highest BCUT2D eigenvalue weighted by Gasteiger charge is 2.26. The summed E-state index contributed by atoms with van der Waals surface area (Å²) in [5, 5.41) is 19.4. The lowest BCUT2D eigenvalue weighted by Crippen LogP contribution is -2.08. The number of fused-ring (bicyclic) bond motifs is 2. The number of ether oxygens (including phenoxy) is 1. The quantitative estimate of drug-likeness (QED) is 0.605. The van der Waals surface area contributed by atoms with E-state index in [1.807, 2.05) is 42.5 Å². The summed E-state index contributed by atoms with van der Waals surface area (Å²) in [7, 11) is 0. The summed E-state index contributed by atoms with van der Waals surface area (Å²) in [6, 6.07) is 19.8. The topological polar surface area (TPSA) is 49.7 Å². The number of benzene rings is 3. The zero-order chi connectivity index (χ0) is 16.5. The minimum atomic E-state index is -0.190. The fraction of sp³-hybridized carbons (Fsp3) is 0.0476. The number of hydrogen-bond donors (Lipinski definition) is 2. The molecule has 3 heteroatoms. The van der Waals surface area contributed by atoms with Gasteiger partial charge in [-0.25, -0.2) is 0 Å². The lowest BCUT2D eigenvalue weighted by atomic mass is 9.88. The van der Waals surface area contributed by atoms with E-state index in [1.165, 1.54) is 0 Å². The summed E-state index contributed by atoms with van der Waals surface area (Å²) in [6.45, 7) is 0. The van der Waals surface area contributed by atoms with Gasteiger partial charge in [0.2, 0.25) is 0 Å². The van der Waals surface area contributed by atoms with E-state index in [9.17, 15) is 10.2 Å². The SMILES string of the molecule is Oc1ccc2c(c1)Oc1cc(O)ccc1C2C#Cc1ccccc1. The first-order valence-electron chi connectivity index (χ1n) is 7.61. The maximum absolute atomic E-state index is 9.72. The zero-order valence-electron chi connectivity index (χ0n) is 12.7. The van der Waals surface area contributed by atoms with Gasteiger partial charge >= 0.3 is 0 Å². The van der Waals surface area contributed by atoms with Gasteiger partial charge in [0, 0.05) is 28.8 Å². The first-order valence-corrected chi connectivity index (χ1v) is 7.61. The number of phenolic OH excluding ortho intramolecular Hbond substituents is 2. The van der Waals surface area contributed by atoms with E-state index in [2.05, 4.69) is 11.8 Å². The Labute approximate surface area is 139 Å². The van der Waals surface area contributed by atoms with Gasteiger partial charge in [0.1, 0.15) is 23.0 Å². The van der Waals surface area contributed by atoms with Crippen LogP contribution >= 0.6 is 0 Å².